The highest BCUT2D eigenvalue weighted by atomic mass is 19.4. The summed E-state index contributed by atoms with van der Waals surface area (Å²) in [6.45, 7) is -0.315. The van der Waals surface area contributed by atoms with Crippen molar-refractivity contribution in [1.82, 2.24) is 10.2 Å². The minimum Gasteiger partial charge on any atom is -0.481 e. The molecule has 1 atom stereocenters. The summed E-state index contributed by atoms with van der Waals surface area (Å²) in [5, 5.41) is 14.7. The van der Waals surface area contributed by atoms with Crippen LogP contribution in [0.5, 0.6) is 0 Å². The van der Waals surface area contributed by atoms with Crippen LogP contribution in [0.15, 0.2) is 6.20 Å². The number of fused-ring (bicyclic) bond motifs is 1. The number of carboxylic acids is 1. The first-order chi connectivity index (χ1) is 8.32. The maximum Gasteiger partial charge on any atom is 0.471 e. The molecule has 18 heavy (non-hydrogen) atoms. The molecule has 6 nitrogen and oxygen atoms in total. The molecule has 0 aromatic carbocycles. The first-order valence-electron chi connectivity index (χ1n) is 4.97. The van der Waals surface area contributed by atoms with Crippen molar-refractivity contribution >= 4 is 17.7 Å². The number of alkyl halides is 3. The van der Waals surface area contributed by atoms with Crippen LogP contribution in [-0.4, -0.2) is 39.9 Å². The van der Waals surface area contributed by atoms with Crippen molar-refractivity contribution in [2.75, 3.05) is 11.4 Å². The average molecular weight is 263 g/mol. The van der Waals surface area contributed by atoms with Crippen LogP contribution >= 0.6 is 0 Å². The highest BCUT2D eigenvalue weighted by Crippen LogP contribution is 2.35. The number of aliphatic carboxylic acids is 1. The summed E-state index contributed by atoms with van der Waals surface area (Å²) in [6, 6.07) is 0. The van der Waals surface area contributed by atoms with Gasteiger partial charge in [-0.3, -0.25) is 19.6 Å². The number of carbonyl (C=O) groups is 2. The molecule has 1 aromatic heterocycles. The topological polar surface area (TPSA) is 86.3 Å². The van der Waals surface area contributed by atoms with Crippen molar-refractivity contribution in [2.24, 2.45) is 0 Å². The molecule has 1 aliphatic rings. The number of carboxylic acid groups (broad SMARTS) is 1. The molecule has 2 rings (SSSR count). The van der Waals surface area contributed by atoms with E-state index in [0.717, 1.165) is 6.20 Å². The zero-order chi connectivity index (χ0) is 13.5. The number of nitrogens with one attached hydrogen (secondary N) is 1. The molecule has 0 radical (unpaired) electrons. The minimum absolute atomic E-state index is 0.0797. The molecule has 1 amide bonds. The van der Waals surface area contributed by atoms with Crippen LogP contribution in [0.4, 0.5) is 19.0 Å². The fourth-order valence-corrected chi connectivity index (χ4v) is 1.90. The van der Waals surface area contributed by atoms with Gasteiger partial charge in [-0.1, -0.05) is 0 Å². The number of aromatic nitrogens is 2. The third-order valence-corrected chi connectivity index (χ3v) is 2.72. The summed E-state index contributed by atoms with van der Waals surface area (Å²) in [5.74, 6) is -4.33. The summed E-state index contributed by atoms with van der Waals surface area (Å²) >= 11 is 0. The molecular formula is C9H8F3N3O3. The van der Waals surface area contributed by atoms with Crippen LogP contribution in [0, 0.1) is 0 Å². The Hall–Kier alpha value is -2.06. The van der Waals surface area contributed by atoms with Gasteiger partial charge in [0.25, 0.3) is 0 Å². The molecule has 0 aliphatic carbocycles. The van der Waals surface area contributed by atoms with Gasteiger partial charge in [-0.2, -0.15) is 18.3 Å². The van der Waals surface area contributed by atoms with E-state index < -0.39 is 24.0 Å². The lowest BCUT2D eigenvalue weighted by atomic mass is 9.94. The molecule has 0 spiro atoms. The molecule has 1 unspecified atom stereocenters. The Kier molecular flexibility index (Phi) is 2.76. The molecule has 9 heteroatoms. The molecule has 1 aliphatic heterocycles. The SMILES string of the molecule is O=C(O)C1CCN(C(=O)C(F)(F)F)c2[nH]ncc21. The van der Waals surface area contributed by atoms with Crippen molar-refractivity contribution in [3.05, 3.63) is 11.8 Å². The number of aromatic amines is 1. The van der Waals surface area contributed by atoms with Gasteiger partial charge >= 0.3 is 18.1 Å². The van der Waals surface area contributed by atoms with Crippen LogP contribution < -0.4 is 4.90 Å². The van der Waals surface area contributed by atoms with Gasteiger partial charge < -0.3 is 5.11 Å². The Labute approximate surface area is 98.4 Å². The lowest BCUT2D eigenvalue weighted by Gasteiger charge is -2.29. The third-order valence-electron chi connectivity index (χ3n) is 2.72. The van der Waals surface area contributed by atoms with Crippen LogP contribution in [-0.2, 0) is 9.59 Å². The van der Waals surface area contributed by atoms with E-state index >= 15 is 0 Å². The van der Waals surface area contributed by atoms with Gasteiger partial charge in [-0.05, 0) is 6.42 Å². The molecular weight excluding hydrogens is 255 g/mol. The summed E-state index contributed by atoms with van der Waals surface area (Å²) in [4.78, 5) is 22.6. The van der Waals surface area contributed by atoms with Gasteiger partial charge in [0.2, 0.25) is 0 Å². The van der Waals surface area contributed by atoms with Crippen LogP contribution in [0.1, 0.15) is 17.9 Å². The fraction of sp³-hybridized carbons (Fsp3) is 0.444. The number of hydrogen-bond acceptors (Lipinski definition) is 3. The number of halogens is 3. The van der Waals surface area contributed by atoms with E-state index in [0.29, 0.717) is 4.90 Å². The standard InChI is InChI=1S/C9H8F3N3O3/c10-9(11,12)8(18)15-2-1-4(7(16)17)5-3-13-14-6(5)15/h3-4H,1-2H2,(H,13,14)(H,16,17). The zero-order valence-corrected chi connectivity index (χ0v) is 8.86. The number of anilines is 1. The Morgan fingerprint density at radius 1 is 1.50 bits per heavy atom. The zero-order valence-electron chi connectivity index (χ0n) is 8.86. The van der Waals surface area contributed by atoms with Crippen molar-refractivity contribution in [2.45, 2.75) is 18.5 Å². The largest absolute Gasteiger partial charge is 0.481 e. The Bertz CT molecular complexity index is 497. The number of nitrogens with zero attached hydrogens (tertiary/aromatic N) is 2. The molecule has 0 saturated heterocycles. The maximum atomic E-state index is 12.3. The molecule has 2 heterocycles. The van der Waals surface area contributed by atoms with E-state index in [9.17, 15) is 22.8 Å². The lowest BCUT2D eigenvalue weighted by Crippen LogP contribution is -2.45. The predicted molar refractivity (Wildman–Crippen MR) is 52.0 cm³/mol. The first-order valence-corrected chi connectivity index (χ1v) is 4.97. The highest BCUT2D eigenvalue weighted by molar-refractivity contribution is 5.98. The van der Waals surface area contributed by atoms with E-state index in [1.54, 1.807) is 0 Å². The molecule has 0 bridgehead atoms. The summed E-state index contributed by atoms with van der Waals surface area (Å²) in [6.07, 6.45) is -3.95. The van der Waals surface area contributed by atoms with Crippen molar-refractivity contribution in [3.8, 4) is 0 Å². The number of rotatable bonds is 1. The predicted octanol–water partition coefficient (Wildman–Crippen LogP) is 0.877. The van der Waals surface area contributed by atoms with Gasteiger partial charge in [0, 0.05) is 12.1 Å². The minimum atomic E-state index is -5.00. The van der Waals surface area contributed by atoms with Crippen molar-refractivity contribution in [3.63, 3.8) is 0 Å². The van der Waals surface area contributed by atoms with Crippen LogP contribution in [0.2, 0.25) is 0 Å². The van der Waals surface area contributed by atoms with Crippen molar-refractivity contribution in [1.29, 1.82) is 0 Å². The molecule has 1 aromatic rings. The lowest BCUT2D eigenvalue weighted by molar-refractivity contribution is -0.170. The monoisotopic (exact) mass is 263 g/mol. The van der Waals surface area contributed by atoms with Crippen molar-refractivity contribution < 1.29 is 27.9 Å². The smallest absolute Gasteiger partial charge is 0.471 e. The second-order valence-electron chi connectivity index (χ2n) is 3.81. The quantitative estimate of drug-likeness (QED) is 0.787. The van der Waals surface area contributed by atoms with Gasteiger partial charge in [0.05, 0.1) is 12.1 Å². The number of H-pyrrole nitrogens is 1. The van der Waals surface area contributed by atoms with Crippen LogP contribution in [0.25, 0.3) is 0 Å². The van der Waals surface area contributed by atoms with E-state index in [4.69, 9.17) is 5.11 Å². The van der Waals surface area contributed by atoms with E-state index in [-0.39, 0.29) is 24.3 Å². The molecule has 2 N–H and O–H groups in total. The highest BCUT2D eigenvalue weighted by Gasteiger charge is 2.46. The van der Waals surface area contributed by atoms with E-state index in [1.165, 1.54) is 0 Å². The summed E-state index contributed by atoms with van der Waals surface area (Å²) < 4.78 is 37.0. The second-order valence-corrected chi connectivity index (χ2v) is 3.81. The molecule has 98 valence electrons. The van der Waals surface area contributed by atoms with Gasteiger partial charge in [-0.15, -0.1) is 0 Å². The van der Waals surface area contributed by atoms with E-state index in [2.05, 4.69) is 10.2 Å². The number of amides is 1. The van der Waals surface area contributed by atoms with Crippen LogP contribution in [0.3, 0.4) is 0 Å². The van der Waals surface area contributed by atoms with E-state index in [1.807, 2.05) is 0 Å². The Morgan fingerprint density at radius 2 is 2.17 bits per heavy atom. The Morgan fingerprint density at radius 3 is 2.72 bits per heavy atom. The van der Waals surface area contributed by atoms with Gasteiger partial charge in [0.1, 0.15) is 5.82 Å². The maximum absolute atomic E-state index is 12.3. The second kappa shape index (κ2) is 4.00. The Balaban J connectivity index is 2.37. The molecule has 0 fully saturated rings. The summed E-state index contributed by atoms with van der Waals surface area (Å²) in [5.41, 5.74) is 0.0892. The summed E-state index contributed by atoms with van der Waals surface area (Å²) in [7, 11) is 0. The fourth-order valence-electron chi connectivity index (χ4n) is 1.90. The van der Waals surface area contributed by atoms with Gasteiger partial charge in [-0.25, -0.2) is 0 Å². The normalized spacial score (nSPS) is 19.5. The molecule has 0 saturated carbocycles. The van der Waals surface area contributed by atoms with Gasteiger partial charge in [0.15, 0.2) is 0 Å². The number of hydrogen-bond donors (Lipinski definition) is 2. The third kappa shape index (κ3) is 1.91. The number of carbonyl (C=O) groups excluding carboxylic acids is 1. The first kappa shape index (κ1) is 12.4. The average Bonchev–Trinajstić information content (AvgIpc) is 2.73.